The molecule has 0 saturated carbocycles. The van der Waals surface area contributed by atoms with E-state index in [1.807, 2.05) is 42.5 Å². The number of aliphatic carboxylic acids is 1. The smallest absolute Gasteiger partial charge is 0.327 e. The fraction of sp³-hybridized carbons (Fsp3) is 0.206. The number of anilines is 1. The molecule has 1 unspecified atom stereocenters. The topological polar surface area (TPSA) is 145 Å². The minimum atomic E-state index is -1.13. The number of carbonyl (C=O) groups is 5. The van der Waals surface area contributed by atoms with Crippen LogP contribution in [-0.2, 0) is 14.4 Å². The summed E-state index contributed by atoms with van der Waals surface area (Å²) in [5, 5.41) is 19.6. The fourth-order valence-corrected chi connectivity index (χ4v) is 7.41. The van der Waals surface area contributed by atoms with E-state index in [2.05, 4.69) is 16.0 Å². The summed E-state index contributed by atoms with van der Waals surface area (Å²) in [6.07, 6.45) is 0. The largest absolute Gasteiger partial charge is 0.480 e. The van der Waals surface area contributed by atoms with Gasteiger partial charge in [0.1, 0.15) is 23.5 Å². The predicted molar refractivity (Wildman–Crippen MR) is 171 cm³/mol. The minimum absolute atomic E-state index is 0.231. The van der Waals surface area contributed by atoms with Gasteiger partial charge in [0.2, 0.25) is 11.8 Å². The normalized spacial score (nSPS) is 20.4. The van der Waals surface area contributed by atoms with E-state index in [4.69, 9.17) is 0 Å². The molecule has 2 aliphatic rings. The van der Waals surface area contributed by atoms with Crippen molar-refractivity contribution in [2.24, 2.45) is 0 Å². The molecule has 4 amide bonds. The third-order valence-electron chi connectivity index (χ3n) is 8.06. The van der Waals surface area contributed by atoms with Crippen LogP contribution in [0.2, 0.25) is 0 Å². The fourth-order valence-electron chi connectivity index (χ4n) is 5.79. The van der Waals surface area contributed by atoms with Crippen molar-refractivity contribution in [3.05, 3.63) is 114 Å². The Hall–Kier alpha value is -5.16. The van der Waals surface area contributed by atoms with Gasteiger partial charge in [0.05, 0.1) is 0 Å². The zero-order chi connectivity index (χ0) is 31.9. The van der Waals surface area contributed by atoms with Gasteiger partial charge in [-0.1, -0.05) is 60.7 Å². The van der Waals surface area contributed by atoms with Crippen molar-refractivity contribution in [2.75, 3.05) is 5.32 Å². The first-order chi connectivity index (χ1) is 21.5. The first-order valence-electron chi connectivity index (χ1n) is 14.3. The molecule has 2 heterocycles. The van der Waals surface area contributed by atoms with Crippen LogP contribution >= 0.6 is 11.8 Å². The van der Waals surface area contributed by atoms with Crippen molar-refractivity contribution in [1.82, 2.24) is 15.5 Å². The second kappa shape index (κ2) is 11.7. The van der Waals surface area contributed by atoms with E-state index in [-0.39, 0.29) is 11.5 Å². The molecular formula is C34H30N4O6S. The Morgan fingerprint density at radius 3 is 2.11 bits per heavy atom. The summed E-state index contributed by atoms with van der Waals surface area (Å²) >= 11 is 1.32. The van der Waals surface area contributed by atoms with Crippen LogP contribution in [0.1, 0.15) is 46.2 Å². The molecule has 6 rings (SSSR count). The van der Waals surface area contributed by atoms with Gasteiger partial charge in [0.15, 0.2) is 0 Å². The lowest BCUT2D eigenvalue weighted by Crippen LogP contribution is -2.71. The van der Waals surface area contributed by atoms with Crippen LogP contribution in [0.25, 0.3) is 10.8 Å². The van der Waals surface area contributed by atoms with Crippen LogP contribution in [0, 0.1) is 0 Å². The maximum atomic E-state index is 13.5. The Balaban J connectivity index is 1.14. The summed E-state index contributed by atoms with van der Waals surface area (Å²) in [6.45, 7) is 3.51. The number of amides is 4. The quantitative estimate of drug-likeness (QED) is 0.216. The second-order valence-electron chi connectivity index (χ2n) is 11.5. The number of carboxylic acids is 1. The maximum absolute atomic E-state index is 13.5. The molecule has 4 aromatic rings. The van der Waals surface area contributed by atoms with Crippen molar-refractivity contribution >= 4 is 57.8 Å². The Labute approximate surface area is 263 Å². The molecule has 11 heteroatoms. The number of carbonyl (C=O) groups excluding carboxylic acids is 4. The molecule has 10 nitrogen and oxygen atoms in total. The maximum Gasteiger partial charge on any atom is 0.327 e. The van der Waals surface area contributed by atoms with Gasteiger partial charge < -0.3 is 26.0 Å². The molecule has 45 heavy (non-hydrogen) atoms. The molecule has 4 atom stereocenters. The number of benzene rings is 4. The van der Waals surface area contributed by atoms with Crippen LogP contribution in [0.3, 0.4) is 0 Å². The number of nitrogens with one attached hydrogen (secondary N) is 3. The molecule has 0 bridgehead atoms. The van der Waals surface area contributed by atoms with Crippen molar-refractivity contribution < 1.29 is 29.1 Å². The van der Waals surface area contributed by atoms with E-state index in [1.54, 1.807) is 44.2 Å². The van der Waals surface area contributed by atoms with Crippen molar-refractivity contribution in [3.63, 3.8) is 0 Å². The summed E-state index contributed by atoms with van der Waals surface area (Å²) in [5.41, 5.74) is 1.72. The van der Waals surface area contributed by atoms with Gasteiger partial charge in [-0.2, -0.15) is 0 Å². The van der Waals surface area contributed by atoms with Gasteiger partial charge in [-0.25, -0.2) is 4.79 Å². The number of fused-ring (bicyclic) bond motifs is 2. The number of β-lactam (4-membered cyclic amide) rings is 1. The molecular weight excluding hydrogens is 592 g/mol. The second-order valence-corrected chi connectivity index (χ2v) is 13.3. The van der Waals surface area contributed by atoms with E-state index in [9.17, 15) is 29.1 Å². The molecule has 2 aliphatic heterocycles. The van der Waals surface area contributed by atoms with Crippen LogP contribution in [0.4, 0.5) is 5.69 Å². The van der Waals surface area contributed by atoms with Crippen molar-refractivity contribution in [3.8, 4) is 0 Å². The third-order valence-corrected chi connectivity index (χ3v) is 9.63. The zero-order valence-electron chi connectivity index (χ0n) is 24.4. The molecule has 4 aromatic carbocycles. The Morgan fingerprint density at radius 1 is 0.822 bits per heavy atom. The summed E-state index contributed by atoms with van der Waals surface area (Å²) in [7, 11) is 0. The first kappa shape index (κ1) is 29.9. The standard InChI is InChI=1S/C34H30N4O6S/c1-34(2)27(33(43)44)38-31(42)26(32(38)45-34)37-30(41)25(20-9-4-3-5-10-20)36-29(40)22-14-12-21(13-15-22)28(39)35-24-17-16-19-8-6-7-11-23(19)18-24/h3-18,25-27,32H,1-2H3,(H,35,39)(H,36,40)(H,37,41)(H,43,44)/t25?,26-,27+,32-/m1/s1. The molecule has 0 spiro atoms. The van der Waals surface area contributed by atoms with Crippen molar-refractivity contribution in [2.45, 2.75) is 42.1 Å². The summed E-state index contributed by atoms with van der Waals surface area (Å²) in [6, 6.07) is 25.1. The van der Waals surface area contributed by atoms with E-state index >= 15 is 0 Å². The average Bonchev–Trinajstić information content (AvgIpc) is 3.30. The highest BCUT2D eigenvalue weighted by Gasteiger charge is 2.64. The number of hydrogen-bond acceptors (Lipinski definition) is 6. The average molecular weight is 623 g/mol. The number of thioether (sulfide) groups is 1. The SMILES string of the molecule is CC1(C)S[C@@H]2[C@H](NC(=O)C(NC(=O)c3ccc(C(=O)Nc4ccc5ccccc5c4)cc3)c3ccccc3)C(=O)N2[C@H]1C(=O)O. The van der Waals surface area contributed by atoms with Gasteiger partial charge >= 0.3 is 5.97 Å². The lowest BCUT2D eigenvalue weighted by Gasteiger charge is -2.44. The van der Waals surface area contributed by atoms with Gasteiger partial charge in [0.25, 0.3) is 11.8 Å². The predicted octanol–water partition coefficient (Wildman–Crippen LogP) is 4.19. The van der Waals surface area contributed by atoms with Crippen LogP contribution in [0.5, 0.6) is 0 Å². The minimum Gasteiger partial charge on any atom is -0.480 e. The Bertz CT molecular complexity index is 1830. The Kier molecular flexibility index (Phi) is 7.80. The molecule has 228 valence electrons. The summed E-state index contributed by atoms with van der Waals surface area (Å²) in [4.78, 5) is 65.9. The van der Waals surface area contributed by atoms with Crippen molar-refractivity contribution in [1.29, 1.82) is 0 Å². The lowest BCUT2D eigenvalue weighted by molar-refractivity contribution is -0.161. The molecule has 2 saturated heterocycles. The first-order valence-corrected chi connectivity index (χ1v) is 15.2. The Morgan fingerprint density at radius 2 is 1.44 bits per heavy atom. The van der Waals surface area contributed by atoms with Gasteiger partial charge in [-0.3, -0.25) is 19.2 Å². The van der Waals surface area contributed by atoms with E-state index in [0.717, 1.165) is 10.8 Å². The molecule has 0 aliphatic carbocycles. The van der Waals surface area contributed by atoms with E-state index < -0.39 is 51.9 Å². The number of rotatable bonds is 8. The lowest BCUT2D eigenvalue weighted by atomic mass is 9.95. The highest BCUT2D eigenvalue weighted by molar-refractivity contribution is 8.01. The van der Waals surface area contributed by atoms with Gasteiger partial charge in [0, 0.05) is 21.6 Å². The molecule has 0 radical (unpaired) electrons. The third kappa shape index (κ3) is 5.74. The highest BCUT2D eigenvalue weighted by atomic mass is 32.2. The monoisotopic (exact) mass is 622 g/mol. The molecule has 0 aromatic heterocycles. The van der Waals surface area contributed by atoms with Gasteiger partial charge in [-0.05, 0) is 66.6 Å². The highest BCUT2D eigenvalue weighted by Crippen LogP contribution is 2.50. The van der Waals surface area contributed by atoms with Gasteiger partial charge in [-0.15, -0.1) is 11.8 Å². The van der Waals surface area contributed by atoms with Crippen LogP contribution < -0.4 is 16.0 Å². The number of hydrogen-bond donors (Lipinski definition) is 4. The summed E-state index contributed by atoms with van der Waals surface area (Å²) < 4.78 is -0.739. The van der Waals surface area contributed by atoms with Crippen LogP contribution in [-0.4, -0.2) is 61.8 Å². The number of nitrogens with zero attached hydrogens (tertiary/aromatic N) is 1. The molecule has 4 N–H and O–H groups in total. The van der Waals surface area contributed by atoms with E-state index in [1.165, 1.54) is 40.9 Å². The van der Waals surface area contributed by atoms with E-state index in [0.29, 0.717) is 16.8 Å². The zero-order valence-corrected chi connectivity index (χ0v) is 25.2. The van der Waals surface area contributed by atoms with Crippen LogP contribution in [0.15, 0.2) is 97.1 Å². The summed E-state index contributed by atoms with van der Waals surface area (Å²) in [5.74, 6) is -3.06. The molecule has 2 fully saturated rings. The number of carboxylic acid groups (broad SMARTS) is 1.